The first-order chi connectivity index (χ1) is 16.9. The van der Waals surface area contributed by atoms with Gasteiger partial charge in [-0.25, -0.2) is 9.37 Å². The fourth-order valence-electron chi connectivity index (χ4n) is 4.36. The average Bonchev–Trinajstić information content (AvgIpc) is 3.25. The summed E-state index contributed by atoms with van der Waals surface area (Å²) in [5.74, 6) is -1.62. The summed E-state index contributed by atoms with van der Waals surface area (Å²) in [6.45, 7) is 6.81. The Kier molecular flexibility index (Phi) is 8.02. The Morgan fingerprint density at radius 1 is 1.11 bits per heavy atom. The van der Waals surface area contributed by atoms with Gasteiger partial charge in [0.15, 0.2) is 5.78 Å². The molecular formula is C28H29F4N3O. The molecule has 2 unspecified atom stereocenters. The van der Waals surface area contributed by atoms with Gasteiger partial charge in [-0.3, -0.25) is 4.79 Å². The molecule has 0 bridgehead atoms. The number of hydrogen-bond donors (Lipinski definition) is 1. The predicted octanol–water partition coefficient (Wildman–Crippen LogP) is 7.85. The Bertz CT molecular complexity index is 1270. The van der Waals surface area contributed by atoms with Gasteiger partial charge in [-0.1, -0.05) is 38.1 Å². The van der Waals surface area contributed by atoms with E-state index in [1.165, 1.54) is 6.92 Å². The van der Waals surface area contributed by atoms with Gasteiger partial charge in [0.05, 0.1) is 17.3 Å². The van der Waals surface area contributed by atoms with E-state index >= 15 is 4.39 Å². The monoisotopic (exact) mass is 499 g/mol. The van der Waals surface area contributed by atoms with Crippen LogP contribution in [0.5, 0.6) is 0 Å². The minimum atomic E-state index is -4.60. The molecule has 8 heteroatoms. The fraction of sp³-hybridized carbons (Fsp3) is 0.393. The second-order valence-corrected chi connectivity index (χ2v) is 9.25. The lowest BCUT2D eigenvalue weighted by Crippen LogP contribution is -2.20. The third-order valence-corrected chi connectivity index (χ3v) is 6.68. The lowest BCUT2D eigenvalue weighted by molar-refractivity contribution is -0.144. The van der Waals surface area contributed by atoms with Crippen LogP contribution < -0.4 is 0 Å². The SMILES string of the molecule is CCC(F)(CCCC(C)C(=O)c1ccc(C)c(-c2nc(C(F)(F)F)[nH]c2C)c1)c1ccc(C#N)cc1. The van der Waals surface area contributed by atoms with Crippen LogP contribution in [-0.4, -0.2) is 15.8 Å². The molecule has 0 saturated heterocycles. The average molecular weight is 500 g/mol. The maximum Gasteiger partial charge on any atom is 0.449 e. The van der Waals surface area contributed by atoms with Gasteiger partial charge in [0, 0.05) is 22.7 Å². The number of H-pyrrole nitrogens is 1. The largest absolute Gasteiger partial charge is 0.449 e. The molecule has 4 nitrogen and oxygen atoms in total. The summed E-state index contributed by atoms with van der Waals surface area (Å²) < 4.78 is 54.9. The Morgan fingerprint density at radius 2 is 1.78 bits per heavy atom. The van der Waals surface area contributed by atoms with Crippen molar-refractivity contribution in [2.45, 2.75) is 65.2 Å². The molecule has 3 aromatic rings. The molecule has 2 atom stereocenters. The van der Waals surface area contributed by atoms with Crippen LogP contribution in [0.3, 0.4) is 0 Å². The molecule has 2 aromatic carbocycles. The molecule has 0 fully saturated rings. The van der Waals surface area contributed by atoms with Crippen molar-refractivity contribution >= 4 is 5.78 Å². The number of carbonyl (C=O) groups excluding carboxylic acids is 1. The Balaban J connectivity index is 1.72. The molecule has 0 radical (unpaired) electrons. The van der Waals surface area contributed by atoms with Gasteiger partial charge in [-0.15, -0.1) is 0 Å². The molecule has 0 aliphatic carbocycles. The second-order valence-electron chi connectivity index (χ2n) is 9.25. The summed E-state index contributed by atoms with van der Waals surface area (Å²) in [4.78, 5) is 19.1. The highest BCUT2D eigenvalue weighted by Crippen LogP contribution is 2.36. The summed E-state index contributed by atoms with van der Waals surface area (Å²) >= 11 is 0. The summed E-state index contributed by atoms with van der Waals surface area (Å²) in [5, 5.41) is 8.95. The zero-order valence-corrected chi connectivity index (χ0v) is 20.8. The van der Waals surface area contributed by atoms with Crippen LogP contribution in [0.4, 0.5) is 17.6 Å². The number of Topliss-reactive ketones (excluding diaryl/α,β-unsaturated/α-hetero) is 1. The number of nitriles is 1. The number of aromatic amines is 1. The number of aryl methyl sites for hydroxylation is 2. The first-order valence-corrected chi connectivity index (χ1v) is 11.9. The standard InChI is InChI=1S/C28H29F4N3O/c1-5-27(29,22-12-9-20(16-33)10-13-22)14-6-7-18(3)25(36)21-11-8-17(2)23(15-21)24-19(4)34-26(35-24)28(30,31)32/h8-13,15,18H,5-7,14H2,1-4H3,(H,34,35). The van der Waals surface area contributed by atoms with E-state index in [1.807, 2.05) is 6.07 Å². The van der Waals surface area contributed by atoms with Crippen molar-refractivity contribution < 1.29 is 22.4 Å². The normalized spacial score (nSPS) is 14.2. The van der Waals surface area contributed by atoms with Gasteiger partial charge in [0.25, 0.3) is 0 Å². The first-order valence-electron chi connectivity index (χ1n) is 11.9. The maximum absolute atomic E-state index is 15.6. The van der Waals surface area contributed by atoms with Crippen LogP contribution in [-0.2, 0) is 11.8 Å². The van der Waals surface area contributed by atoms with Gasteiger partial charge >= 0.3 is 6.18 Å². The molecule has 0 saturated carbocycles. The maximum atomic E-state index is 15.6. The van der Waals surface area contributed by atoms with Crippen LogP contribution in [0.2, 0.25) is 0 Å². The van der Waals surface area contributed by atoms with E-state index < -0.39 is 23.6 Å². The smallest absolute Gasteiger partial charge is 0.338 e. The highest BCUT2D eigenvalue weighted by atomic mass is 19.4. The molecule has 190 valence electrons. The third kappa shape index (κ3) is 5.84. The summed E-state index contributed by atoms with van der Waals surface area (Å²) in [5.41, 5.74) is 1.41. The number of imidazole rings is 1. The lowest BCUT2D eigenvalue weighted by atomic mass is 9.85. The van der Waals surface area contributed by atoms with Crippen molar-refractivity contribution in [2.75, 3.05) is 0 Å². The molecule has 1 heterocycles. The first kappa shape index (κ1) is 27.1. The summed E-state index contributed by atoms with van der Waals surface area (Å²) in [6.07, 6.45) is -3.15. The minimum absolute atomic E-state index is 0.153. The molecule has 1 N–H and O–H groups in total. The Hall–Kier alpha value is -3.47. The van der Waals surface area contributed by atoms with E-state index in [0.717, 1.165) is 0 Å². The van der Waals surface area contributed by atoms with Gasteiger partial charge in [0.1, 0.15) is 5.67 Å². The third-order valence-electron chi connectivity index (χ3n) is 6.68. The number of halogens is 4. The Morgan fingerprint density at radius 3 is 2.33 bits per heavy atom. The Labute approximate surface area is 208 Å². The number of alkyl halides is 4. The van der Waals surface area contributed by atoms with Crippen molar-refractivity contribution in [3.63, 3.8) is 0 Å². The van der Waals surface area contributed by atoms with Gasteiger partial charge in [0.2, 0.25) is 5.82 Å². The van der Waals surface area contributed by atoms with Crippen molar-refractivity contribution in [2.24, 2.45) is 5.92 Å². The highest BCUT2D eigenvalue weighted by Gasteiger charge is 2.35. The van der Waals surface area contributed by atoms with Crippen LogP contribution in [0.25, 0.3) is 11.3 Å². The van der Waals surface area contributed by atoms with Gasteiger partial charge in [-0.05, 0) is 68.9 Å². The summed E-state index contributed by atoms with van der Waals surface area (Å²) in [6, 6.07) is 13.4. The van der Waals surface area contributed by atoms with Crippen molar-refractivity contribution in [1.29, 1.82) is 5.26 Å². The van der Waals surface area contributed by atoms with Crippen molar-refractivity contribution in [3.05, 3.63) is 76.2 Å². The number of aromatic nitrogens is 2. The quantitative estimate of drug-likeness (QED) is 0.241. The molecule has 0 spiro atoms. The van der Waals surface area contributed by atoms with E-state index in [1.54, 1.807) is 63.2 Å². The minimum Gasteiger partial charge on any atom is -0.338 e. The van der Waals surface area contributed by atoms with E-state index in [9.17, 15) is 18.0 Å². The number of ketones is 1. The van der Waals surface area contributed by atoms with Crippen LogP contribution in [0, 0.1) is 31.1 Å². The van der Waals surface area contributed by atoms with E-state index in [-0.39, 0.29) is 30.0 Å². The van der Waals surface area contributed by atoms with E-state index in [0.29, 0.717) is 40.7 Å². The van der Waals surface area contributed by atoms with E-state index in [4.69, 9.17) is 5.26 Å². The van der Waals surface area contributed by atoms with Crippen LogP contribution in [0.1, 0.15) is 78.1 Å². The molecule has 0 aliphatic rings. The van der Waals surface area contributed by atoms with Crippen molar-refractivity contribution in [1.82, 2.24) is 9.97 Å². The zero-order chi connectivity index (χ0) is 26.7. The molecule has 3 rings (SSSR count). The van der Waals surface area contributed by atoms with Crippen molar-refractivity contribution in [3.8, 4) is 17.3 Å². The fourth-order valence-corrected chi connectivity index (χ4v) is 4.36. The topological polar surface area (TPSA) is 69.5 Å². The number of rotatable bonds is 9. The van der Waals surface area contributed by atoms with E-state index in [2.05, 4.69) is 9.97 Å². The number of carbonyl (C=O) groups is 1. The molecule has 0 amide bonds. The highest BCUT2D eigenvalue weighted by molar-refractivity contribution is 5.98. The zero-order valence-electron chi connectivity index (χ0n) is 20.8. The lowest BCUT2D eigenvalue weighted by Gasteiger charge is -2.25. The second kappa shape index (κ2) is 10.7. The molecule has 0 aliphatic heterocycles. The predicted molar refractivity (Wildman–Crippen MR) is 130 cm³/mol. The van der Waals surface area contributed by atoms with Crippen LogP contribution >= 0.6 is 0 Å². The molecule has 36 heavy (non-hydrogen) atoms. The molecular weight excluding hydrogens is 470 g/mol. The number of benzene rings is 2. The number of nitrogens with one attached hydrogen (secondary N) is 1. The summed E-state index contributed by atoms with van der Waals surface area (Å²) in [7, 11) is 0. The number of nitrogens with zero attached hydrogens (tertiary/aromatic N) is 2. The van der Waals surface area contributed by atoms with Crippen LogP contribution in [0.15, 0.2) is 42.5 Å². The molecule has 1 aromatic heterocycles. The van der Waals surface area contributed by atoms with Gasteiger partial charge in [-0.2, -0.15) is 18.4 Å². The van der Waals surface area contributed by atoms with Gasteiger partial charge < -0.3 is 4.98 Å². The number of hydrogen-bond acceptors (Lipinski definition) is 3.